The third-order valence-corrected chi connectivity index (χ3v) is 2.70. The number of aromatic carboxylic acids is 1. The van der Waals surface area contributed by atoms with E-state index in [1.807, 2.05) is 17.7 Å². The van der Waals surface area contributed by atoms with E-state index in [-0.39, 0.29) is 11.1 Å². The third kappa shape index (κ3) is 2.32. The summed E-state index contributed by atoms with van der Waals surface area (Å²) >= 11 is 0. The van der Waals surface area contributed by atoms with E-state index < -0.39 is 5.97 Å². The van der Waals surface area contributed by atoms with E-state index >= 15 is 0 Å². The van der Waals surface area contributed by atoms with Crippen LogP contribution in [0.4, 0.5) is 0 Å². The first kappa shape index (κ1) is 12.1. The highest BCUT2D eigenvalue weighted by Gasteiger charge is 2.07. The normalized spacial score (nSPS) is 10.5. The second-order valence-corrected chi connectivity index (χ2v) is 3.82. The van der Waals surface area contributed by atoms with Crippen LogP contribution in [-0.2, 0) is 13.1 Å². The summed E-state index contributed by atoms with van der Waals surface area (Å²) in [5.74, 6) is -0.336. The molecule has 0 radical (unpaired) electrons. The quantitative estimate of drug-likeness (QED) is 0.867. The summed E-state index contributed by atoms with van der Waals surface area (Å²) in [7, 11) is 0. The average molecular weight is 247 g/mol. The van der Waals surface area contributed by atoms with Crippen molar-refractivity contribution in [1.29, 1.82) is 0 Å². The van der Waals surface area contributed by atoms with Gasteiger partial charge in [0, 0.05) is 31.2 Å². The number of aromatic nitrogens is 3. The molecular weight excluding hydrogens is 234 g/mol. The highest BCUT2D eigenvalue weighted by atomic mass is 16.4. The van der Waals surface area contributed by atoms with E-state index in [4.69, 9.17) is 5.11 Å². The standard InChI is InChI=1S/C12H13N3O3/c1-2-14-6-4-13-10(14)8-15-5-3-9(12(17)18)7-11(15)16/h3-7H,2,8H2,1H3,(H,17,18). The Morgan fingerprint density at radius 1 is 1.39 bits per heavy atom. The van der Waals surface area contributed by atoms with E-state index in [0.717, 1.165) is 18.4 Å². The fourth-order valence-electron chi connectivity index (χ4n) is 1.70. The predicted octanol–water partition coefficient (Wildman–Crippen LogP) is 0.811. The summed E-state index contributed by atoms with van der Waals surface area (Å²) in [4.78, 5) is 26.6. The van der Waals surface area contributed by atoms with Crippen molar-refractivity contribution in [2.75, 3.05) is 0 Å². The van der Waals surface area contributed by atoms with Gasteiger partial charge >= 0.3 is 5.97 Å². The van der Waals surface area contributed by atoms with Gasteiger partial charge in [0.15, 0.2) is 0 Å². The van der Waals surface area contributed by atoms with E-state index in [2.05, 4.69) is 4.98 Å². The Hall–Kier alpha value is -2.37. The summed E-state index contributed by atoms with van der Waals surface area (Å²) in [5.41, 5.74) is -0.351. The van der Waals surface area contributed by atoms with Crippen LogP contribution in [0.2, 0.25) is 0 Å². The topological polar surface area (TPSA) is 77.1 Å². The van der Waals surface area contributed by atoms with E-state index in [9.17, 15) is 9.59 Å². The first-order valence-electron chi connectivity index (χ1n) is 5.55. The van der Waals surface area contributed by atoms with Gasteiger partial charge < -0.3 is 14.2 Å². The van der Waals surface area contributed by atoms with Crippen molar-refractivity contribution in [3.63, 3.8) is 0 Å². The summed E-state index contributed by atoms with van der Waals surface area (Å²) < 4.78 is 3.36. The molecule has 0 spiro atoms. The van der Waals surface area contributed by atoms with Gasteiger partial charge in [0.1, 0.15) is 5.82 Å². The number of pyridine rings is 1. The molecule has 18 heavy (non-hydrogen) atoms. The van der Waals surface area contributed by atoms with Crippen molar-refractivity contribution in [3.05, 3.63) is 52.5 Å². The van der Waals surface area contributed by atoms with Crippen molar-refractivity contribution in [3.8, 4) is 0 Å². The van der Waals surface area contributed by atoms with Gasteiger partial charge in [-0.2, -0.15) is 0 Å². The second kappa shape index (κ2) is 4.87. The fourth-order valence-corrected chi connectivity index (χ4v) is 1.70. The lowest BCUT2D eigenvalue weighted by Crippen LogP contribution is -2.22. The molecule has 0 fully saturated rings. The smallest absolute Gasteiger partial charge is 0.335 e. The maximum Gasteiger partial charge on any atom is 0.335 e. The van der Waals surface area contributed by atoms with Gasteiger partial charge in [-0.3, -0.25) is 4.79 Å². The van der Waals surface area contributed by atoms with E-state index in [1.165, 1.54) is 16.8 Å². The minimum atomic E-state index is -1.10. The molecular formula is C12H13N3O3. The molecule has 0 aliphatic rings. The van der Waals surface area contributed by atoms with Crippen LogP contribution in [0.1, 0.15) is 23.1 Å². The number of carboxylic acid groups (broad SMARTS) is 1. The Morgan fingerprint density at radius 2 is 2.17 bits per heavy atom. The molecule has 0 atom stereocenters. The van der Waals surface area contributed by atoms with Crippen molar-refractivity contribution in [2.45, 2.75) is 20.0 Å². The summed E-state index contributed by atoms with van der Waals surface area (Å²) in [6.07, 6.45) is 4.99. The fraction of sp³-hybridized carbons (Fsp3) is 0.250. The molecule has 6 nitrogen and oxygen atoms in total. The minimum Gasteiger partial charge on any atom is -0.478 e. The monoisotopic (exact) mass is 247 g/mol. The van der Waals surface area contributed by atoms with Gasteiger partial charge in [-0.1, -0.05) is 0 Å². The maximum atomic E-state index is 11.7. The molecule has 6 heteroatoms. The number of hydrogen-bond donors (Lipinski definition) is 1. The Labute approximate surface area is 103 Å². The number of imidazole rings is 1. The second-order valence-electron chi connectivity index (χ2n) is 3.82. The lowest BCUT2D eigenvalue weighted by Gasteiger charge is -2.07. The molecule has 2 heterocycles. The van der Waals surface area contributed by atoms with Crippen LogP contribution < -0.4 is 5.56 Å². The van der Waals surface area contributed by atoms with Crippen LogP contribution in [0.5, 0.6) is 0 Å². The molecule has 2 aromatic heterocycles. The zero-order valence-electron chi connectivity index (χ0n) is 9.91. The van der Waals surface area contributed by atoms with E-state index in [0.29, 0.717) is 6.54 Å². The molecule has 0 amide bonds. The zero-order valence-corrected chi connectivity index (χ0v) is 9.91. The number of carboxylic acids is 1. The Kier molecular flexibility index (Phi) is 3.27. The maximum absolute atomic E-state index is 11.7. The zero-order chi connectivity index (χ0) is 13.1. The molecule has 0 aliphatic carbocycles. The van der Waals surface area contributed by atoms with Crippen LogP contribution in [0.15, 0.2) is 35.5 Å². The highest BCUT2D eigenvalue weighted by molar-refractivity contribution is 5.87. The van der Waals surface area contributed by atoms with Gasteiger partial charge in [0.05, 0.1) is 12.1 Å². The molecule has 1 N–H and O–H groups in total. The largest absolute Gasteiger partial charge is 0.478 e. The number of hydrogen-bond acceptors (Lipinski definition) is 3. The SMILES string of the molecule is CCn1ccnc1Cn1ccc(C(=O)O)cc1=O. The number of aryl methyl sites for hydroxylation is 1. The molecule has 94 valence electrons. The van der Waals surface area contributed by atoms with Crippen LogP contribution in [0.25, 0.3) is 0 Å². The molecule has 0 bridgehead atoms. The number of nitrogens with zero attached hydrogens (tertiary/aromatic N) is 3. The van der Waals surface area contributed by atoms with Crippen LogP contribution >= 0.6 is 0 Å². The van der Waals surface area contributed by atoms with Gasteiger partial charge in [-0.25, -0.2) is 9.78 Å². The average Bonchev–Trinajstić information content (AvgIpc) is 2.78. The molecule has 0 aliphatic heterocycles. The molecule has 2 rings (SSSR count). The van der Waals surface area contributed by atoms with Crippen molar-refractivity contribution in [2.24, 2.45) is 0 Å². The molecule has 0 aromatic carbocycles. The molecule has 0 saturated carbocycles. The van der Waals surface area contributed by atoms with Gasteiger partial charge in [-0.05, 0) is 13.0 Å². The van der Waals surface area contributed by atoms with Crippen LogP contribution in [-0.4, -0.2) is 25.2 Å². The first-order chi connectivity index (χ1) is 8.61. The Morgan fingerprint density at radius 3 is 2.78 bits per heavy atom. The lowest BCUT2D eigenvalue weighted by molar-refractivity contribution is 0.0696. The molecule has 0 saturated heterocycles. The molecule has 2 aromatic rings. The van der Waals surface area contributed by atoms with Gasteiger partial charge in [0.25, 0.3) is 5.56 Å². The number of rotatable bonds is 4. The van der Waals surface area contributed by atoms with Crippen molar-refractivity contribution >= 4 is 5.97 Å². The van der Waals surface area contributed by atoms with Crippen LogP contribution in [0.3, 0.4) is 0 Å². The van der Waals surface area contributed by atoms with Gasteiger partial charge in [-0.15, -0.1) is 0 Å². The summed E-state index contributed by atoms with van der Waals surface area (Å²) in [6, 6.07) is 2.52. The first-order valence-corrected chi connectivity index (χ1v) is 5.55. The predicted molar refractivity (Wildman–Crippen MR) is 64.7 cm³/mol. The highest BCUT2D eigenvalue weighted by Crippen LogP contribution is 2.01. The summed E-state index contributed by atoms with van der Waals surface area (Å²) in [5, 5.41) is 8.77. The van der Waals surface area contributed by atoms with Gasteiger partial charge in [0.2, 0.25) is 0 Å². The Balaban J connectivity index is 2.30. The number of carbonyl (C=O) groups is 1. The minimum absolute atomic E-state index is 0.00455. The van der Waals surface area contributed by atoms with Crippen LogP contribution in [0, 0.1) is 0 Å². The lowest BCUT2D eigenvalue weighted by atomic mass is 10.3. The third-order valence-electron chi connectivity index (χ3n) is 2.70. The van der Waals surface area contributed by atoms with Crippen molar-refractivity contribution < 1.29 is 9.90 Å². The van der Waals surface area contributed by atoms with E-state index in [1.54, 1.807) is 6.20 Å². The van der Waals surface area contributed by atoms with Crippen molar-refractivity contribution in [1.82, 2.24) is 14.1 Å². The molecule has 0 unspecified atom stereocenters. The Bertz CT molecular complexity index is 627. The summed E-state index contributed by atoms with van der Waals surface area (Å²) in [6.45, 7) is 3.10.